The Hall–Kier alpha value is -1.65. The number of primary sulfonamides is 1. The number of hydrogen-bond acceptors (Lipinski definition) is 6. The van der Waals surface area contributed by atoms with E-state index in [-0.39, 0.29) is 30.1 Å². The maximum atomic E-state index is 11.4. The van der Waals surface area contributed by atoms with E-state index in [0.717, 1.165) is 12.3 Å². The van der Waals surface area contributed by atoms with Gasteiger partial charge in [-0.05, 0) is 24.6 Å². The molecule has 0 atom stereocenters. The third kappa shape index (κ3) is 5.69. The van der Waals surface area contributed by atoms with E-state index in [9.17, 15) is 21.6 Å². The van der Waals surface area contributed by atoms with Crippen LogP contribution in [0.25, 0.3) is 0 Å². The number of ether oxygens (including phenoxy) is 1. The van der Waals surface area contributed by atoms with Crippen molar-refractivity contribution in [2.24, 2.45) is 5.14 Å². The van der Waals surface area contributed by atoms with Crippen molar-refractivity contribution in [2.75, 3.05) is 18.6 Å². The molecule has 0 bridgehead atoms. The molecule has 0 radical (unpaired) electrons. The monoisotopic (exact) mass is 337 g/mol. The van der Waals surface area contributed by atoms with Crippen molar-refractivity contribution < 1.29 is 31.5 Å². The van der Waals surface area contributed by atoms with Crippen LogP contribution in [0, 0.1) is 0 Å². The van der Waals surface area contributed by atoms with E-state index in [1.807, 2.05) is 0 Å². The summed E-state index contributed by atoms with van der Waals surface area (Å²) in [6.45, 7) is -0.0397. The average Bonchev–Trinajstić information content (AvgIpc) is 2.32. The molecule has 10 heteroatoms. The molecule has 0 aliphatic carbocycles. The summed E-state index contributed by atoms with van der Waals surface area (Å²) in [5, 5.41) is 13.8. The van der Waals surface area contributed by atoms with Crippen LogP contribution < -0.4 is 9.88 Å². The van der Waals surface area contributed by atoms with E-state index in [2.05, 4.69) is 0 Å². The number of hydrogen-bond donors (Lipinski definition) is 2. The van der Waals surface area contributed by atoms with Gasteiger partial charge in [0.25, 0.3) is 0 Å². The van der Waals surface area contributed by atoms with Gasteiger partial charge in [-0.25, -0.2) is 26.8 Å². The van der Waals surface area contributed by atoms with E-state index in [1.165, 1.54) is 12.1 Å². The molecule has 21 heavy (non-hydrogen) atoms. The molecule has 0 unspecified atom stereocenters. The molecule has 1 aromatic carbocycles. The van der Waals surface area contributed by atoms with Crippen LogP contribution in [-0.2, 0) is 19.9 Å². The molecular weight excluding hydrogens is 322 g/mol. The predicted molar refractivity (Wildman–Crippen MR) is 74.6 cm³/mol. The number of carboxylic acids is 1. The van der Waals surface area contributed by atoms with E-state index >= 15 is 0 Å². The summed E-state index contributed by atoms with van der Waals surface area (Å²) in [5.41, 5.74) is -0.248. The van der Waals surface area contributed by atoms with E-state index in [1.54, 1.807) is 0 Å². The third-order valence-corrected chi connectivity index (χ3v) is 4.38. The predicted octanol–water partition coefficient (Wildman–Crippen LogP) is -0.154. The summed E-state index contributed by atoms with van der Waals surface area (Å²) in [6, 6.07) is 3.23. The zero-order chi connectivity index (χ0) is 16.3. The van der Waals surface area contributed by atoms with Crippen LogP contribution in [0.3, 0.4) is 0 Å². The number of benzene rings is 1. The first kappa shape index (κ1) is 17.4. The van der Waals surface area contributed by atoms with Crippen LogP contribution in [-0.4, -0.2) is 46.5 Å². The number of aromatic carboxylic acids is 1. The Bertz CT molecular complexity index is 738. The highest BCUT2D eigenvalue weighted by atomic mass is 32.2. The van der Waals surface area contributed by atoms with Crippen LogP contribution in [0.2, 0.25) is 0 Å². The lowest BCUT2D eigenvalue weighted by atomic mass is 10.2. The lowest BCUT2D eigenvalue weighted by molar-refractivity contribution is 0.0696. The molecule has 118 valence electrons. The van der Waals surface area contributed by atoms with Gasteiger partial charge >= 0.3 is 5.97 Å². The fraction of sp³-hybridized carbons (Fsp3) is 0.364. The molecule has 0 aliphatic rings. The standard InChI is InChI=1S/C11H15NO7S2/c1-20(15,16)6-2-5-19-9-4-3-8(11(13)14)7-10(9)21(12,17)18/h3-4,7H,2,5-6H2,1H3,(H,13,14)(H2,12,17,18). The van der Waals surface area contributed by atoms with Gasteiger partial charge in [-0.15, -0.1) is 0 Å². The average molecular weight is 337 g/mol. The lowest BCUT2D eigenvalue weighted by Crippen LogP contribution is -2.16. The van der Waals surface area contributed by atoms with Gasteiger partial charge in [0.15, 0.2) is 0 Å². The van der Waals surface area contributed by atoms with E-state index < -0.39 is 30.7 Å². The summed E-state index contributed by atoms with van der Waals surface area (Å²) >= 11 is 0. The molecule has 8 nitrogen and oxygen atoms in total. The van der Waals surface area contributed by atoms with Crippen molar-refractivity contribution in [3.05, 3.63) is 23.8 Å². The van der Waals surface area contributed by atoms with Crippen LogP contribution in [0.15, 0.2) is 23.1 Å². The van der Waals surface area contributed by atoms with Crippen molar-refractivity contribution in [1.29, 1.82) is 0 Å². The second kappa shape index (κ2) is 6.41. The molecule has 0 aromatic heterocycles. The zero-order valence-corrected chi connectivity index (χ0v) is 12.8. The molecule has 0 spiro atoms. The first-order valence-electron chi connectivity index (χ1n) is 5.71. The second-order valence-electron chi connectivity index (χ2n) is 4.34. The Kier molecular flexibility index (Phi) is 5.31. The Balaban J connectivity index is 2.94. The molecule has 0 aliphatic heterocycles. The van der Waals surface area contributed by atoms with Gasteiger partial charge in [-0.3, -0.25) is 0 Å². The summed E-state index contributed by atoms with van der Waals surface area (Å²) in [4.78, 5) is 10.4. The fourth-order valence-corrected chi connectivity index (χ4v) is 2.83. The van der Waals surface area contributed by atoms with Gasteiger partial charge in [0.05, 0.1) is 17.9 Å². The first-order chi connectivity index (χ1) is 9.50. The Labute approximate surface area is 122 Å². The van der Waals surface area contributed by atoms with Crippen molar-refractivity contribution in [3.8, 4) is 5.75 Å². The Morgan fingerprint density at radius 2 is 1.90 bits per heavy atom. The lowest BCUT2D eigenvalue weighted by Gasteiger charge is -2.10. The minimum absolute atomic E-state index is 0.0397. The van der Waals surface area contributed by atoms with Gasteiger partial charge in [-0.1, -0.05) is 0 Å². The Morgan fingerprint density at radius 3 is 2.38 bits per heavy atom. The third-order valence-electron chi connectivity index (χ3n) is 2.41. The SMILES string of the molecule is CS(=O)(=O)CCCOc1ccc(C(=O)O)cc1S(N)(=O)=O. The van der Waals surface area contributed by atoms with Crippen molar-refractivity contribution >= 4 is 25.8 Å². The highest BCUT2D eigenvalue weighted by Gasteiger charge is 2.18. The smallest absolute Gasteiger partial charge is 0.335 e. The molecule has 1 rings (SSSR count). The minimum atomic E-state index is -4.16. The first-order valence-corrected chi connectivity index (χ1v) is 9.32. The van der Waals surface area contributed by atoms with Crippen LogP contribution in [0.1, 0.15) is 16.8 Å². The molecule has 0 fully saturated rings. The number of sulfonamides is 1. The summed E-state index contributed by atoms with van der Waals surface area (Å²) in [7, 11) is -7.30. The quantitative estimate of drug-likeness (QED) is 0.659. The van der Waals surface area contributed by atoms with E-state index in [4.69, 9.17) is 15.0 Å². The molecule has 0 heterocycles. The van der Waals surface area contributed by atoms with Gasteiger partial charge < -0.3 is 9.84 Å². The normalized spacial score (nSPS) is 12.1. The second-order valence-corrected chi connectivity index (χ2v) is 8.13. The maximum absolute atomic E-state index is 11.4. The molecule has 1 aromatic rings. The highest BCUT2D eigenvalue weighted by Crippen LogP contribution is 2.24. The summed E-state index contributed by atoms with van der Waals surface area (Å²) in [5.74, 6) is -1.52. The van der Waals surface area contributed by atoms with Gasteiger partial charge in [0.1, 0.15) is 20.5 Å². The molecule has 0 amide bonds. The molecule has 0 saturated carbocycles. The minimum Gasteiger partial charge on any atom is -0.492 e. The topological polar surface area (TPSA) is 141 Å². The van der Waals surface area contributed by atoms with Crippen LogP contribution in [0.4, 0.5) is 0 Å². The summed E-state index contributed by atoms with van der Waals surface area (Å²) in [6.07, 6.45) is 1.24. The summed E-state index contributed by atoms with van der Waals surface area (Å²) < 4.78 is 49.9. The number of carboxylic acid groups (broad SMARTS) is 1. The number of carbonyl (C=O) groups is 1. The zero-order valence-electron chi connectivity index (χ0n) is 11.1. The largest absolute Gasteiger partial charge is 0.492 e. The number of rotatable bonds is 7. The van der Waals surface area contributed by atoms with Crippen molar-refractivity contribution in [1.82, 2.24) is 0 Å². The fourth-order valence-electron chi connectivity index (χ4n) is 1.49. The molecular formula is C11H15NO7S2. The van der Waals surface area contributed by atoms with Crippen LogP contribution in [0.5, 0.6) is 5.75 Å². The number of nitrogens with two attached hydrogens (primary N) is 1. The highest BCUT2D eigenvalue weighted by molar-refractivity contribution is 7.90. The van der Waals surface area contributed by atoms with E-state index in [0.29, 0.717) is 0 Å². The Morgan fingerprint density at radius 1 is 1.29 bits per heavy atom. The van der Waals surface area contributed by atoms with Gasteiger partial charge in [0.2, 0.25) is 10.0 Å². The molecule has 3 N–H and O–H groups in total. The van der Waals surface area contributed by atoms with Crippen molar-refractivity contribution in [2.45, 2.75) is 11.3 Å². The van der Waals surface area contributed by atoms with Gasteiger partial charge in [0, 0.05) is 6.26 Å². The van der Waals surface area contributed by atoms with Crippen molar-refractivity contribution in [3.63, 3.8) is 0 Å². The van der Waals surface area contributed by atoms with Crippen LogP contribution >= 0.6 is 0 Å². The number of sulfone groups is 1. The van der Waals surface area contributed by atoms with Gasteiger partial charge in [-0.2, -0.15) is 0 Å². The molecule has 0 saturated heterocycles. The maximum Gasteiger partial charge on any atom is 0.335 e.